The molecule has 3 atom stereocenters. The Morgan fingerprint density at radius 2 is 1.75 bits per heavy atom. The summed E-state index contributed by atoms with van der Waals surface area (Å²) in [5, 5.41) is 6.38. The largest absolute Gasteiger partial charge is 0.444 e. The van der Waals surface area contributed by atoms with Crippen molar-refractivity contribution in [1.29, 1.82) is 0 Å². The summed E-state index contributed by atoms with van der Waals surface area (Å²) >= 11 is 1.45. The molecule has 0 unspecified atom stereocenters. The number of likely N-dealkylation sites (tertiary alicyclic amines) is 1. The van der Waals surface area contributed by atoms with Crippen molar-refractivity contribution < 1.29 is 23.9 Å². The van der Waals surface area contributed by atoms with Gasteiger partial charge in [0.2, 0.25) is 5.78 Å². The van der Waals surface area contributed by atoms with Crippen LogP contribution >= 0.6 is 11.3 Å². The fourth-order valence-electron chi connectivity index (χ4n) is 4.93. The van der Waals surface area contributed by atoms with Crippen molar-refractivity contribution in [2.45, 2.75) is 65.1 Å². The number of carbonyl (C=O) groups is 4. The Hall–Kier alpha value is -3.72. The molecule has 212 valence electrons. The summed E-state index contributed by atoms with van der Waals surface area (Å²) in [4.78, 5) is 54.4. The van der Waals surface area contributed by atoms with Crippen molar-refractivity contribution in [3.8, 4) is 0 Å². The first-order valence-corrected chi connectivity index (χ1v) is 14.6. The summed E-state index contributed by atoms with van der Waals surface area (Å²) < 4.78 is 6.81. The smallest absolute Gasteiger partial charge is 0.408 e. The molecule has 2 N–H and O–H groups in total. The van der Waals surface area contributed by atoms with E-state index in [0.29, 0.717) is 24.3 Å². The molecule has 0 saturated carbocycles. The highest BCUT2D eigenvalue weighted by atomic mass is 32.1. The van der Waals surface area contributed by atoms with E-state index in [1.807, 2.05) is 81.4 Å². The topological polar surface area (TPSA) is 105 Å². The van der Waals surface area contributed by atoms with Crippen LogP contribution in [0.4, 0.5) is 4.79 Å². The van der Waals surface area contributed by atoms with E-state index < -0.39 is 35.3 Å². The second kappa shape index (κ2) is 12.6. The molecule has 2 heterocycles. The number of benzene rings is 2. The van der Waals surface area contributed by atoms with Crippen LogP contribution in [-0.4, -0.2) is 53.8 Å². The predicted molar refractivity (Wildman–Crippen MR) is 156 cm³/mol. The van der Waals surface area contributed by atoms with E-state index in [1.54, 1.807) is 11.8 Å². The fraction of sp³-hybridized carbons (Fsp3) is 0.419. The highest BCUT2D eigenvalue weighted by Gasteiger charge is 2.44. The van der Waals surface area contributed by atoms with Gasteiger partial charge in [-0.3, -0.25) is 14.4 Å². The number of Topliss-reactive ketones (excluding diaryl/α,β-unsaturated/α-hetero) is 1. The lowest BCUT2D eigenvalue weighted by Gasteiger charge is -2.26. The fourth-order valence-corrected chi connectivity index (χ4v) is 5.96. The molecule has 1 aliphatic heterocycles. The van der Waals surface area contributed by atoms with Crippen LogP contribution in [0.25, 0.3) is 10.1 Å². The van der Waals surface area contributed by atoms with E-state index in [2.05, 4.69) is 10.6 Å². The van der Waals surface area contributed by atoms with Crippen molar-refractivity contribution >= 4 is 45.1 Å². The van der Waals surface area contributed by atoms with Crippen LogP contribution in [0, 0.1) is 5.41 Å². The molecule has 1 fully saturated rings. The molecule has 1 saturated heterocycles. The van der Waals surface area contributed by atoms with Crippen molar-refractivity contribution in [3.63, 3.8) is 0 Å². The molecule has 3 amide bonds. The number of ketones is 1. The van der Waals surface area contributed by atoms with Gasteiger partial charge in [0.1, 0.15) is 12.1 Å². The predicted octanol–water partition coefficient (Wildman–Crippen LogP) is 5.48. The van der Waals surface area contributed by atoms with E-state index in [-0.39, 0.29) is 18.5 Å². The summed E-state index contributed by atoms with van der Waals surface area (Å²) in [6.45, 7) is 8.34. The summed E-state index contributed by atoms with van der Waals surface area (Å²) in [5.74, 6) is -1.56. The first-order valence-electron chi connectivity index (χ1n) is 13.7. The van der Waals surface area contributed by atoms with Crippen molar-refractivity contribution in [3.05, 3.63) is 71.1 Å². The molecule has 9 heteroatoms. The Balaban J connectivity index is 1.38. The van der Waals surface area contributed by atoms with Gasteiger partial charge < -0.3 is 20.3 Å². The van der Waals surface area contributed by atoms with Gasteiger partial charge in [-0.1, -0.05) is 82.1 Å². The van der Waals surface area contributed by atoms with Gasteiger partial charge >= 0.3 is 6.09 Å². The molecular formula is C31H37N3O5S. The van der Waals surface area contributed by atoms with Gasteiger partial charge in [0.15, 0.2) is 0 Å². The maximum Gasteiger partial charge on any atom is 0.408 e. The number of hydrogen-bond acceptors (Lipinski definition) is 6. The molecule has 3 aromatic rings. The molecule has 0 bridgehead atoms. The average Bonchev–Trinajstić information content (AvgIpc) is 3.50. The number of ether oxygens (including phenoxy) is 1. The summed E-state index contributed by atoms with van der Waals surface area (Å²) in [6, 6.07) is 17.7. The Kier molecular flexibility index (Phi) is 9.25. The van der Waals surface area contributed by atoms with Gasteiger partial charge in [0.05, 0.1) is 17.5 Å². The summed E-state index contributed by atoms with van der Waals surface area (Å²) in [5.41, 5.74) is 0.383. The van der Waals surface area contributed by atoms with Crippen molar-refractivity contribution in [1.82, 2.24) is 15.5 Å². The van der Waals surface area contributed by atoms with E-state index in [4.69, 9.17) is 4.74 Å². The Labute approximate surface area is 239 Å². The van der Waals surface area contributed by atoms with Crippen LogP contribution in [-0.2, 0) is 14.3 Å². The van der Waals surface area contributed by atoms with E-state index in [9.17, 15) is 19.2 Å². The lowest BCUT2D eigenvalue weighted by Crippen LogP contribution is -2.49. The number of carbonyl (C=O) groups excluding carboxylic acids is 4. The molecule has 1 aromatic heterocycles. The monoisotopic (exact) mass is 563 g/mol. The van der Waals surface area contributed by atoms with Crippen LogP contribution < -0.4 is 10.6 Å². The molecule has 4 rings (SSSR count). The third-order valence-electron chi connectivity index (χ3n) is 7.35. The summed E-state index contributed by atoms with van der Waals surface area (Å²) in [6.07, 6.45) is 0.437. The lowest BCUT2D eigenvalue weighted by atomic mass is 9.90. The van der Waals surface area contributed by atoms with Crippen molar-refractivity contribution in [2.24, 2.45) is 5.41 Å². The van der Waals surface area contributed by atoms with E-state index >= 15 is 0 Å². The maximum absolute atomic E-state index is 13.3. The van der Waals surface area contributed by atoms with Crippen LogP contribution in [0.5, 0.6) is 0 Å². The zero-order valence-electron chi connectivity index (χ0n) is 23.4. The number of rotatable bonds is 10. The van der Waals surface area contributed by atoms with Crippen LogP contribution in [0.2, 0.25) is 0 Å². The van der Waals surface area contributed by atoms with Gasteiger partial charge in [-0.25, -0.2) is 4.79 Å². The Morgan fingerprint density at radius 3 is 2.45 bits per heavy atom. The van der Waals surface area contributed by atoms with Crippen LogP contribution in [0.1, 0.15) is 68.2 Å². The number of alkyl carbamates (subject to hydrolysis) is 1. The van der Waals surface area contributed by atoms with Crippen molar-refractivity contribution in [2.75, 3.05) is 13.1 Å². The number of amides is 3. The number of fused-ring (bicyclic) bond motifs is 1. The highest BCUT2D eigenvalue weighted by Crippen LogP contribution is 2.35. The molecule has 0 aliphatic carbocycles. The quantitative estimate of drug-likeness (QED) is 0.318. The number of nitrogens with zero attached hydrogens (tertiary/aromatic N) is 1. The number of unbranched alkanes of at least 4 members (excludes halogenated alkanes) is 1. The van der Waals surface area contributed by atoms with Crippen LogP contribution in [0.15, 0.2) is 60.7 Å². The zero-order chi connectivity index (χ0) is 28.9. The first kappa shape index (κ1) is 29.3. The Bertz CT molecular complexity index is 1340. The first-order chi connectivity index (χ1) is 19.1. The molecule has 40 heavy (non-hydrogen) atoms. The minimum atomic E-state index is -1.00. The molecule has 0 spiro atoms. The normalized spacial score (nSPS) is 17.7. The average molecular weight is 564 g/mol. The molecule has 2 aromatic carbocycles. The lowest BCUT2D eigenvalue weighted by molar-refractivity contribution is -0.139. The minimum Gasteiger partial charge on any atom is -0.444 e. The van der Waals surface area contributed by atoms with Gasteiger partial charge in [-0.05, 0) is 36.4 Å². The van der Waals surface area contributed by atoms with Gasteiger partial charge in [0.25, 0.3) is 11.8 Å². The second-order valence-corrected chi connectivity index (χ2v) is 12.1. The van der Waals surface area contributed by atoms with Gasteiger partial charge in [-0.2, -0.15) is 0 Å². The molecular weight excluding hydrogens is 526 g/mol. The molecule has 1 aliphatic rings. The maximum atomic E-state index is 13.3. The third-order valence-corrected chi connectivity index (χ3v) is 8.46. The third kappa shape index (κ3) is 6.88. The molecule has 8 nitrogen and oxygen atoms in total. The van der Waals surface area contributed by atoms with E-state index in [1.165, 1.54) is 11.3 Å². The SMILES string of the molecule is CCCC[C@H](NC(=O)O[C@@H]1CN(C(=O)c2cc3ccccc3s2)CC1(C)C)C(=O)C(=O)N[C@H](C)c1ccccc1. The van der Waals surface area contributed by atoms with E-state index in [0.717, 1.165) is 22.1 Å². The Morgan fingerprint density at radius 1 is 1.05 bits per heavy atom. The summed E-state index contributed by atoms with van der Waals surface area (Å²) in [7, 11) is 0. The standard InChI is InChI=1S/C31H37N3O5S/c1-5-6-15-23(27(35)28(36)32-20(2)21-12-8-7-9-13-21)33-30(38)39-26-18-34(19-31(26,3)4)29(37)25-17-22-14-10-11-16-24(22)40-25/h7-14,16-17,20,23,26H,5-6,15,18-19H2,1-4H3,(H,32,36)(H,33,38)/t20-,23+,26-/m1/s1. The highest BCUT2D eigenvalue weighted by molar-refractivity contribution is 7.20. The number of nitrogens with one attached hydrogen (secondary N) is 2. The molecule has 0 radical (unpaired) electrons. The number of hydrogen-bond donors (Lipinski definition) is 2. The second-order valence-electron chi connectivity index (χ2n) is 11.0. The van der Waals surface area contributed by atoms with Gasteiger partial charge in [0, 0.05) is 16.7 Å². The zero-order valence-corrected chi connectivity index (χ0v) is 24.3. The minimum absolute atomic E-state index is 0.0963. The van der Waals surface area contributed by atoms with Gasteiger partial charge in [-0.15, -0.1) is 11.3 Å². The van der Waals surface area contributed by atoms with Crippen LogP contribution in [0.3, 0.4) is 0 Å². The number of thiophene rings is 1.